The van der Waals surface area contributed by atoms with Crippen LogP contribution in [0.4, 0.5) is 0 Å². The van der Waals surface area contributed by atoms with E-state index < -0.39 is 0 Å². The second-order valence-corrected chi connectivity index (χ2v) is 6.65. The van der Waals surface area contributed by atoms with Crippen molar-refractivity contribution >= 4 is 46.4 Å². The number of halogens is 4. The van der Waals surface area contributed by atoms with Crippen molar-refractivity contribution in [3.8, 4) is 0 Å². The highest BCUT2D eigenvalue weighted by atomic mass is 35.5. The summed E-state index contributed by atoms with van der Waals surface area (Å²) in [7, 11) is 0. The minimum Gasteiger partial charge on any atom is -0.126 e. The Labute approximate surface area is 146 Å². The largest absolute Gasteiger partial charge is 0.126 e. The van der Waals surface area contributed by atoms with Crippen LogP contribution in [0.2, 0.25) is 10.0 Å². The average molecular weight is 362 g/mol. The number of aryl methyl sites for hydroxylation is 1. The first-order valence-electron chi connectivity index (χ1n) is 6.64. The lowest BCUT2D eigenvalue weighted by atomic mass is 9.77. The lowest BCUT2D eigenvalue weighted by molar-refractivity contribution is 0.533. The van der Waals surface area contributed by atoms with E-state index >= 15 is 0 Å². The van der Waals surface area contributed by atoms with Crippen LogP contribution >= 0.6 is 46.4 Å². The van der Waals surface area contributed by atoms with Crippen LogP contribution < -0.4 is 0 Å². The topological polar surface area (TPSA) is 0 Å². The van der Waals surface area contributed by atoms with Crippen LogP contribution in [-0.2, 0) is 11.8 Å². The standard InChI is InChI=1S/C17H16Cl4/c1-12-4-2-3-5-15(12)17(10-18,11-19)9-13-6-7-14(20)8-16(13)21/h2-8H,9-11H2,1H3. The molecule has 21 heavy (non-hydrogen) atoms. The molecule has 112 valence electrons. The third-order valence-corrected chi connectivity index (χ3v) is 5.38. The van der Waals surface area contributed by atoms with Gasteiger partial charge in [0.1, 0.15) is 0 Å². The van der Waals surface area contributed by atoms with E-state index in [-0.39, 0.29) is 5.41 Å². The zero-order valence-electron chi connectivity index (χ0n) is 11.7. The van der Waals surface area contributed by atoms with E-state index in [1.54, 1.807) is 6.07 Å². The molecule has 0 heterocycles. The van der Waals surface area contributed by atoms with Crippen LogP contribution in [0.25, 0.3) is 0 Å². The SMILES string of the molecule is Cc1ccccc1C(CCl)(CCl)Cc1ccc(Cl)cc1Cl. The summed E-state index contributed by atoms with van der Waals surface area (Å²) in [5.41, 5.74) is 3.02. The van der Waals surface area contributed by atoms with E-state index in [0.717, 1.165) is 5.56 Å². The monoisotopic (exact) mass is 360 g/mol. The molecule has 4 heteroatoms. The maximum atomic E-state index is 6.31. The zero-order chi connectivity index (χ0) is 15.5. The van der Waals surface area contributed by atoms with Crippen molar-refractivity contribution in [3.63, 3.8) is 0 Å². The van der Waals surface area contributed by atoms with Crippen molar-refractivity contribution in [2.24, 2.45) is 0 Å². The molecule has 0 fully saturated rings. The molecule has 0 aliphatic rings. The van der Waals surface area contributed by atoms with Gasteiger partial charge < -0.3 is 0 Å². The Kier molecular flexibility index (Phi) is 5.85. The van der Waals surface area contributed by atoms with Crippen LogP contribution in [0.5, 0.6) is 0 Å². The maximum Gasteiger partial charge on any atom is 0.0453 e. The molecule has 2 aromatic rings. The fourth-order valence-corrected chi connectivity index (χ4v) is 3.80. The van der Waals surface area contributed by atoms with E-state index in [0.29, 0.717) is 28.2 Å². The lowest BCUT2D eigenvalue weighted by Gasteiger charge is -2.32. The van der Waals surface area contributed by atoms with E-state index in [2.05, 4.69) is 19.1 Å². The van der Waals surface area contributed by atoms with Gasteiger partial charge in [-0.05, 0) is 42.2 Å². The molecular formula is C17H16Cl4. The molecule has 0 nitrogen and oxygen atoms in total. The predicted octanol–water partition coefficient (Wildman–Crippen LogP) is 6.26. The molecule has 0 atom stereocenters. The molecule has 2 aromatic carbocycles. The molecule has 0 aliphatic heterocycles. The third kappa shape index (κ3) is 3.68. The van der Waals surface area contributed by atoms with Crippen molar-refractivity contribution in [1.29, 1.82) is 0 Å². The summed E-state index contributed by atoms with van der Waals surface area (Å²) in [4.78, 5) is 0. The van der Waals surface area contributed by atoms with Crippen molar-refractivity contribution in [2.45, 2.75) is 18.8 Å². The molecule has 0 saturated heterocycles. The predicted molar refractivity (Wildman–Crippen MR) is 94.5 cm³/mol. The minimum absolute atomic E-state index is 0.341. The molecule has 2 rings (SSSR count). The van der Waals surface area contributed by atoms with Crippen molar-refractivity contribution in [3.05, 3.63) is 69.2 Å². The number of hydrogen-bond acceptors (Lipinski definition) is 0. The Hall–Kier alpha value is -0.400. The fourth-order valence-electron chi connectivity index (χ4n) is 2.57. The van der Waals surface area contributed by atoms with E-state index in [1.807, 2.05) is 24.3 Å². The Balaban J connectivity index is 2.46. The zero-order valence-corrected chi connectivity index (χ0v) is 14.7. The van der Waals surface area contributed by atoms with Crippen LogP contribution in [-0.4, -0.2) is 11.8 Å². The van der Waals surface area contributed by atoms with Crippen molar-refractivity contribution in [2.75, 3.05) is 11.8 Å². The summed E-state index contributed by atoms with van der Waals surface area (Å²) in [5, 5.41) is 1.28. The van der Waals surface area contributed by atoms with Crippen LogP contribution in [0.1, 0.15) is 16.7 Å². The molecular weight excluding hydrogens is 346 g/mol. The van der Waals surface area contributed by atoms with E-state index in [9.17, 15) is 0 Å². The van der Waals surface area contributed by atoms with Crippen LogP contribution in [0, 0.1) is 6.92 Å². The lowest BCUT2D eigenvalue weighted by Crippen LogP contribution is -2.34. The molecule has 0 unspecified atom stereocenters. The second-order valence-electron chi connectivity index (χ2n) is 5.28. The molecule has 0 bridgehead atoms. The first kappa shape index (κ1) is 17.0. The molecule has 0 saturated carbocycles. The van der Waals surface area contributed by atoms with Crippen LogP contribution in [0.15, 0.2) is 42.5 Å². The van der Waals surface area contributed by atoms with E-state index in [4.69, 9.17) is 46.4 Å². The minimum atomic E-state index is -0.341. The van der Waals surface area contributed by atoms with Gasteiger partial charge in [-0.25, -0.2) is 0 Å². The van der Waals surface area contributed by atoms with Crippen molar-refractivity contribution < 1.29 is 0 Å². The third-order valence-electron chi connectivity index (χ3n) is 3.77. The summed E-state index contributed by atoms with van der Waals surface area (Å²) in [6.45, 7) is 2.08. The summed E-state index contributed by atoms with van der Waals surface area (Å²) < 4.78 is 0. The first-order chi connectivity index (χ1) is 10.0. The van der Waals surface area contributed by atoms with Gasteiger partial charge in [0.25, 0.3) is 0 Å². The quantitative estimate of drug-likeness (QED) is 0.551. The number of alkyl halides is 2. The van der Waals surface area contributed by atoms with Gasteiger partial charge in [0.05, 0.1) is 0 Å². The average Bonchev–Trinajstić information content (AvgIpc) is 2.48. The fraction of sp³-hybridized carbons (Fsp3) is 0.294. The Bertz CT molecular complexity index is 618. The molecule has 0 spiro atoms. The highest BCUT2D eigenvalue weighted by Gasteiger charge is 2.32. The van der Waals surface area contributed by atoms with Gasteiger partial charge in [-0.3, -0.25) is 0 Å². The van der Waals surface area contributed by atoms with Crippen LogP contribution in [0.3, 0.4) is 0 Å². The van der Waals surface area contributed by atoms with Gasteiger partial charge in [-0.2, -0.15) is 0 Å². The Morgan fingerprint density at radius 3 is 2.19 bits per heavy atom. The number of benzene rings is 2. The summed E-state index contributed by atoms with van der Waals surface area (Å²) in [5.74, 6) is 0.862. The van der Waals surface area contributed by atoms with Gasteiger partial charge in [-0.1, -0.05) is 53.5 Å². The highest BCUT2D eigenvalue weighted by Crippen LogP contribution is 2.36. The summed E-state index contributed by atoms with van der Waals surface area (Å²) in [6.07, 6.45) is 0.681. The maximum absolute atomic E-state index is 6.31. The number of rotatable bonds is 5. The molecule has 0 amide bonds. The molecule has 0 aliphatic carbocycles. The Morgan fingerprint density at radius 2 is 1.62 bits per heavy atom. The van der Waals surface area contributed by atoms with E-state index in [1.165, 1.54) is 11.1 Å². The van der Waals surface area contributed by atoms with Gasteiger partial charge >= 0.3 is 0 Å². The van der Waals surface area contributed by atoms with Gasteiger partial charge in [-0.15, -0.1) is 23.2 Å². The highest BCUT2D eigenvalue weighted by molar-refractivity contribution is 6.35. The normalized spacial score (nSPS) is 11.7. The molecule has 0 radical (unpaired) electrons. The summed E-state index contributed by atoms with van der Waals surface area (Å²) >= 11 is 24.9. The molecule has 0 N–H and O–H groups in total. The van der Waals surface area contributed by atoms with Gasteiger partial charge in [0.15, 0.2) is 0 Å². The van der Waals surface area contributed by atoms with Gasteiger partial charge in [0.2, 0.25) is 0 Å². The number of hydrogen-bond donors (Lipinski definition) is 0. The Morgan fingerprint density at radius 1 is 0.952 bits per heavy atom. The molecule has 0 aromatic heterocycles. The second kappa shape index (κ2) is 7.24. The smallest absolute Gasteiger partial charge is 0.0453 e. The first-order valence-corrected chi connectivity index (χ1v) is 8.47. The van der Waals surface area contributed by atoms with Crippen molar-refractivity contribution in [1.82, 2.24) is 0 Å². The van der Waals surface area contributed by atoms with Gasteiger partial charge in [0, 0.05) is 27.2 Å². The summed E-state index contributed by atoms with van der Waals surface area (Å²) in [6, 6.07) is 13.7.